The molecule has 0 saturated heterocycles. The van der Waals surface area contributed by atoms with Gasteiger partial charge in [0.05, 0.1) is 10.0 Å². The first-order chi connectivity index (χ1) is 11.0. The van der Waals surface area contributed by atoms with E-state index in [9.17, 15) is 4.79 Å². The number of amides is 1. The SMILES string of the molecule is Cl.NC1CCC(NC(=O)c2csc(-c3ccc(Cl)c(Cl)c3)n2)CC1. The van der Waals surface area contributed by atoms with Gasteiger partial charge in [0, 0.05) is 23.0 Å². The summed E-state index contributed by atoms with van der Waals surface area (Å²) in [6.07, 6.45) is 3.76. The first-order valence-electron chi connectivity index (χ1n) is 7.50. The highest BCUT2D eigenvalue weighted by Gasteiger charge is 2.21. The van der Waals surface area contributed by atoms with Gasteiger partial charge in [-0.05, 0) is 37.8 Å². The smallest absolute Gasteiger partial charge is 0.270 e. The van der Waals surface area contributed by atoms with Crippen LogP contribution in [0, 0.1) is 0 Å². The summed E-state index contributed by atoms with van der Waals surface area (Å²) in [5.41, 5.74) is 7.18. The maximum atomic E-state index is 12.3. The molecule has 2 aromatic rings. The molecule has 1 amide bonds. The second-order valence-corrected chi connectivity index (χ2v) is 7.42. The predicted molar refractivity (Wildman–Crippen MR) is 103 cm³/mol. The Bertz CT molecular complexity index is 714. The summed E-state index contributed by atoms with van der Waals surface area (Å²) in [4.78, 5) is 16.7. The van der Waals surface area contributed by atoms with Crippen LogP contribution >= 0.6 is 46.9 Å². The molecule has 0 radical (unpaired) electrons. The maximum absolute atomic E-state index is 12.3. The van der Waals surface area contributed by atoms with Crippen LogP contribution in [0.15, 0.2) is 23.6 Å². The van der Waals surface area contributed by atoms with Crippen molar-refractivity contribution in [3.63, 3.8) is 0 Å². The number of carbonyl (C=O) groups is 1. The molecule has 3 rings (SSSR count). The Labute approximate surface area is 161 Å². The molecule has 1 aliphatic carbocycles. The molecule has 8 heteroatoms. The molecule has 0 spiro atoms. The van der Waals surface area contributed by atoms with Gasteiger partial charge in [0.25, 0.3) is 5.91 Å². The normalized spacial score (nSPS) is 20.3. The standard InChI is InChI=1S/C16H17Cl2N3OS.ClH/c17-12-6-1-9(7-13(12)18)16-21-14(8-23-16)15(22)20-11-4-2-10(19)3-5-11;/h1,6-8,10-11H,2-5,19H2,(H,20,22);1H. The van der Waals surface area contributed by atoms with Crippen molar-refractivity contribution in [1.82, 2.24) is 10.3 Å². The van der Waals surface area contributed by atoms with Crippen molar-refractivity contribution >= 4 is 52.9 Å². The maximum Gasteiger partial charge on any atom is 0.270 e. The third kappa shape index (κ3) is 4.61. The molecule has 0 atom stereocenters. The Morgan fingerprint density at radius 3 is 2.58 bits per heavy atom. The number of hydrogen-bond donors (Lipinski definition) is 2. The predicted octanol–water partition coefficient (Wildman–Crippen LogP) is 4.54. The van der Waals surface area contributed by atoms with Crippen LogP contribution in [0.4, 0.5) is 0 Å². The van der Waals surface area contributed by atoms with Crippen molar-refractivity contribution in [2.45, 2.75) is 37.8 Å². The minimum absolute atomic E-state index is 0. The summed E-state index contributed by atoms with van der Waals surface area (Å²) in [6, 6.07) is 5.79. The molecule has 4 nitrogen and oxygen atoms in total. The van der Waals surface area contributed by atoms with Crippen LogP contribution in [-0.4, -0.2) is 23.0 Å². The fourth-order valence-corrected chi connectivity index (χ4v) is 3.76. The van der Waals surface area contributed by atoms with E-state index in [1.807, 2.05) is 6.07 Å². The summed E-state index contributed by atoms with van der Waals surface area (Å²) >= 11 is 13.4. The molecule has 3 N–H and O–H groups in total. The molecule has 130 valence electrons. The van der Waals surface area contributed by atoms with E-state index in [1.54, 1.807) is 17.5 Å². The molecule has 1 heterocycles. The van der Waals surface area contributed by atoms with Gasteiger partial charge in [-0.2, -0.15) is 0 Å². The van der Waals surface area contributed by atoms with Crippen LogP contribution in [-0.2, 0) is 0 Å². The number of rotatable bonds is 3. The molecular formula is C16H18Cl3N3OS. The second kappa shape index (κ2) is 8.50. The average Bonchev–Trinajstić information content (AvgIpc) is 3.02. The number of thiazole rings is 1. The minimum Gasteiger partial charge on any atom is -0.348 e. The molecule has 1 aromatic heterocycles. The third-order valence-corrected chi connectivity index (χ3v) is 5.64. The summed E-state index contributed by atoms with van der Waals surface area (Å²) < 4.78 is 0. The van der Waals surface area contributed by atoms with Gasteiger partial charge >= 0.3 is 0 Å². The van der Waals surface area contributed by atoms with E-state index >= 15 is 0 Å². The lowest BCUT2D eigenvalue weighted by molar-refractivity contribution is 0.0921. The fourth-order valence-electron chi connectivity index (χ4n) is 2.66. The quantitative estimate of drug-likeness (QED) is 0.786. The summed E-state index contributed by atoms with van der Waals surface area (Å²) in [5, 5.41) is 6.53. The van der Waals surface area contributed by atoms with Crippen LogP contribution in [0.1, 0.15) is 36.2 Å². The first-order valence-corrected chi connectivity index (χ1v) is 9.14. The van der Waals surface area contributed by atoms with E-state index in [4.69, 9.17) is 28.9 Å². The molecule has 0 bridgehead atoms. The number of nitrogens with two attached hydrogens (primary N) is 1. The lowest BCUT2D eigenvalue weighted by Gasteiger charge is -2.26. The highest BCUT2D eigenvalue weighted by molar-refractivity contribution is 7.13. The van der Waals surface area contributed by atoms with Crippen LogP contribution in [0.5, 0.6) is 0 Å². The molecule has 1 fully saturated rings. The fraction of sp³-hybridized carbons (Fsp3) is 0.375. The lowest BCUT2D eigenvalue weighted by Crippen LogP contribution is -2.40. The largest absolute Gasteiger partial charge is 0.348 e. The number of halogens is 3. The van der Waals surface area contributed by atoms with Gasteiger partial charge < -0.3 is 11.1 Å². The summed E-state index contributed by atoms with van der Waals surface area (Å²) in [7, 11) is 0. The van der Waals surface area contributed by atoms with Crippen LogP contribution in [0.2, 0.25) is 10.0 Å². The van der Waals surface area contributed by atoms with Gasteiger partial charge in [0.15, 0.2) is 0 Å². The van der Waals surface area contributed by atoms with Crippen LogP contribution < -0.4 is 11.1 Å². The summed E-state index contributed by atoms with van der Waals surface area (Å²) in [6.45, 7) is 0. The summed E-state index contributed by atoms with van der Waals surface area (Å²) in [5.74, 6) is -0.131. The van der Waals surface area contributed by atoms with E-state index in [0.29, 0.717) is 15.7 Å². The highest BCUT2D eigenvalue weighted by Crippen LogP contribution is 2.30. The number of aromatic nitrogens is 1. The minimum atomic E-state index is -0.131. The molecule has 0 unspecified atom stereocenters. The molecular weight excluding hydrogens is 389 g/mol. The zero-order valence-corrected chi connectivity index (χ0v) is 15.9. The van der Waals surface area contributed by atoms with E-state index in [2.05, 4.69) is 10.3 Å². The monoisotopic (exact) mass is 405 g/mol. The Morgan fingerprint density at radius 1 is 1.21 bits per heavy atom. The number of carbonyl (C=O) groups excluding carboxylic acids is 1. The zero-order valence-electron chi connectivity index (χ0n) is 12.8. The Balaban J connectivity index is 0.00000208. The van der Waals surface area contributed by atoms with E-state index in [-0.39, 0.29) is 30.4 Å². The Morgan fingerprint density at radius 2 is 1.92 bits per heavy atom. The number of benzene rings is 1. The van der Waals surface area contributed by atoms with Crippen molar-refractivity contribution in [3.8, 4) is 10.6 Å². The number of nitrogens with zero attached hydrogens (tertiary/aromatic N) is 1. The Hall–Kier alpha value is -0.850. The molecule has 1 aromatic carbocycles. The lowest BCUT2D eigenvalue weighted by atomic mass is 9.92. The van der Waals surface area contributed by atoms with Gasteiger partial charge in [-0.1, -0.05) is 29.3 Å². The van der Waals surface area contributed by atoms with E-state index < -0.39 is 0 Å². The van der Waals surface area contributed by atoms with Crippen LogP contribution in [0.25, 0.3) is 10.6 Å². The molecule has 1 saturated carbocycles. The number of hydrogen-bond acceptors (Lipinski definition) is 4. The first kappa shape index (κ1) is 19.5. The highest BCUT2D eigenvalue weighted by atomic mass is 35.5. The van der Waals surface area contributed by atoms with Crippen molar-refractivity contribution in [1.29, 1.82) is 0 Å². The van der Waals surface area contributed by atoms with Gasteiger partial charge in [-0.25, -0.2) is 4.98 Å². The van der Waals surface area contributed by atoms with Gasteiger partial charge in [-0.15, -0.1) is 23.7 Å². The van der Waals surface area contributed by atoms with Crippen molar-refractivity contribution in [3.05, 3.63) is 39.3 Å². The second-order valence-electron chi connectivity index (χ2n) is 5.75. The van der Waals surface area contributed by atoms with Crippen molar-refractivity contribution in [2.75, 3.05) is 0 Å². The third-order valence-electron chi connectivity index (χ3n) is 4.01. The van der Waals surface area contributed by atoms with Gasteiger partial charge in [0.2, 0.25) is 0 Å². The number of nitrogens with one attached hydrogen (secondary N) is 1. The molecule has 0 aliphatic heterocycles. The topological polar surface area (TPSA) is 68.0 Å². The van der Waals surface area contributed by atoms with Crippen molar-refractivity contribution in [2.24, 2.45) is 5.73 Å². The molecule has 1 aliphatic rings. The van der Waals surface area contributed by atoms with E-state index in [1.165, 1.54) is 11.3 Å². The molecule has 24 heavy (non-hydrogen) atoms. The Kier molecular flexibility index (Phi) is 6.89. The van der Waals surface area contributed by atoms with Gasteiger partial charge in [-0.3, -0.25) is 4.79 Å². The van der Waals surface area contributed by atoms with Gasteiger partial charge in [0.1, 0.15) is 10.7 Å². The zero-order chi connectivity index (χ0) is 16.4. The van der Waals surface area contributed by atoms with Crippen LogP contribution in [0.3, 0.4) is 0 Å². The van der Waals surface area contributed by atoms with Crippen molar-refractivity contribution < 1.29 is 4.79 Å². The van der Waals surface area contributed by atoms with E-state index in [0.717, 1.165) is 36.3 Å². The average molecular weight is 407 g/mol.